The molecular formula is C9H15F2N3O3S. The van der Waals surface area contributed by atoms with Crippen molar-refractivity contribution < 1.29 is 22.3 Å². The highest BCUT2D eigenvalue weighted by atomic mass is 32.2. The van der Waals surface area contributed by atoms with Crippen molar-refractivity contribution >= 4 is 10.0 Å². The number of aliphatic hydroxyl groups excluding tert-OH is 1. The number of hydrogen-bond donors (Lipinski definition) is 1. The van der Waals surface area contributed by atoms with Gasteiger partial charge in [0.2, 0.25) is 0 Å². The molecule has 0 saturated heterocycles. The Morgan fingerprint density at radius 3 is 2.72 bits per heavy atom. The van der Waals surface area contributed by atoms with Crippen LogP contribution in [0.5, 0.6) is 0 Å². The summed E-state index contributed by atoms with van der Waals surface area (Å²) >= 11 is 0. The Morgan fingerprint density at radius 1 is 1.56 bits per heavy atom. The maximum absolute atomic E-state index is 12.4. The summed E-state index contributed by atoms with van der Waals surface area (Å²) in [7, 11) is -4.06. The van der Waals surface area contributed by atoms with Crippen molar-refractivity contribution in [3.05, 3.63) is 12.5 Å². The average molecular weight is 283 g/mol. The largest absolute Gasteiger partial charge is 0.395 e. The SMILES string of the molecule is CCn1cncc1S(=O)(=O)N(CCO)CC(F)F. The lowest BCUT2D eigenvalue weighted by Gasteiger charge is -2.21. The maximum Gasteiger partial charge on any atom is 0.260 e. The van der Waals surface area contributed by atoms with Crippen molar-refractivity contribution in [3.63, 3.8) is 0 Å². The van der Waals surface area contributed by atoms with Crippen LogP contribution in [0.1, 0.15) is 6.92 Å². The number of halogens is 2. The smallest absolute Gasteiger partial charge is 0.260 e. The zero-order chi connectivity index (χ0) is 13.8. The molecule has 0 saturated carbocycles. The normalized spacial score (nSPS) is 12.6. The molecule has 1 aromatic rings. The lowest BCUT2D eigenvalue weighted by Crippen LogP contribution is -2.38. The molecule has 0 unspecified atom stereocenters. The number of aromatic nitrogens is 2. The molecule has 0 fully saturated rings. The minimum Gasteiger partial charge on any atom is -0.395 e. The molecule has 1 N–H and O–H groups in total. The minimum atomic E-state index is -4.06. The molecule has 104 valence electrons. The van der Waals surface area contributed by atoms with E-state index in [1.54, 1.807) is 6.92 Å². The van der Waals surface area contributed by atoms with Crippen molar-refractivity contribution in [2.24, 2.45) is 0 Å². The van der Waals surface area contributed by atoms with Gasteiger partial charge in [0.1, 0.15) is 0 Å². The predicted molar refractivity (Wildman–Crippen MR) is 59.7 cm³/mol. The fraction of sp³-hybridized carbons (Fsp3) is 0.667. The van der Waals surface area contributed by atoms with Gasteiger partial charge in [0.15, 0.2) is 5.03 Å². The van der Waals surface area contributed by atoms with Crippen molar-refractivity contribution in [1.82, 2.24) is 13.9 Å². The van der Waals surface area contributed by atoms with Gasteiger partial charge in [-0.3, -0.25) is 0 Å². The van der Waals surface area contributed by atoms with E-state index >= 15 is 0 Å². The van der Waals surface area contributed by atoms with Gasteiger partial charge in [-0.2, -0.15) is 4.31 Å². The van der Waals surface area contributed by atoms with E-state index in [1.807, 2.05) is 0 Å². The van der Waals surface area contributed by atoms with Crippen LogP contribution in [0.25, 0.3) is 0 Å². The van der Waals surface area contributed by atoms with Gasteiger partial charge in [-0.25, -0.2) is 22.2 Å². The Balaban J connectivity index is 3.08. The molecule has 0 atom stereocenters. The fourth-order valence-electron chi connectivity index (χ4n) is 1.47. The molecule has 0 aliphatic carbocycles. The van der Waals surface area contributed by atoms with Crippen LogP contribution >= 0.6 is 0 Å². The predicted octanol–water partition coefficient (Wildman–Crippen LogP) is 0.151. The lowest BCUT2D eigenvalue weighted by molar-refractivity contribution is 0.113. The second kappa shape index (κ2) is 6.21. The van der Waals surface area contributed by atoms with Crippen LogP contribution in [0.15, 0.2) is 17.6 Å². The van der Waals surface area contributed by atoms with Gasteiger partial charge in [0, 0.05) is 13.1 Å². The quantitative estimate of drug-likeness (QED) is 0.773. The van der Waals surface area contributed by atoms with E-state index in [2.05, 4.69) is 4.98 Å². The first kappa shape index (κ1) is 15.0. The number of imidazole rings is 1. The van der Waals surface area contributed by atoms with E-state index in [4.69, 9.17) is 5.11 Å². The van der Waals surface area contributed by atoms with E-state index in [9.17, 15) is 17.2 Å². The fourth-order valence-corrected chi connectivity index (χ4v) is 3.03. The van der Waals surface area contributed by atoms with E-state index < -0.39 is 29.6 Å². The Hall–Kier alpha value is -1.06. The number of sulfonamides is 1. The molecule has 1 rings (SSSR count). The van der Waals surface area contributed by atoms with Gasteiger partial charge >= 0.3 is 0 Å². The summed E-state index contributed by atoms with van der Waals surface area (Å²) < 4.78 is 50.8. The molecule has 6 nitrogen and oxygen atoms in total. The third-order valence-electron chi connectivity index (χ3n) is 2.31. The number of rotatable bonds is 7. The molecule has 0 bridgehead atoms. The van der Waals surface area contributed by atoms with Crippen LogP contribution in [0.3, 0.4) is 0 Å². The standard InChI is InChI=1S/C9H15F2N3O3S/c1-2-13-7-12-5-9(13)18(16,17)14(3-4-15)6-8(10)11/h5,7-8,15H,2-4,6H2,1H3. The number of alkyl halides is 2. The van der Waals surface area contributed by atoms with Crippen molar-refractivity contribution in [3.8, 4) is 0 Å². The van der Waals surface area contributed by atoms with E-state index in [0.29, 0.717) is 10.8 Å². The lowest BCUT2D eigenvalue weighted by atomic mass is 10.6. The van der Waals surface area contributed by atoms with Crippen LogP contribution in [-0.4, -0.2) is 53.5 Å². The van der Waals surface area contributed by atoms with Crippen LogP contribution < -0.4 is 0 Å². The topological polar surface area (TPSA) is 75.4 Å². The highest BCUT2D eigenvalue weighted by Gasteiger charge is 2.29. The summed E-state index contributed by atoms with van der Waals surface area (Å²) in [5.41, 5.74) is 0. The molecule has 0 aromatic carbocycles. The highest BCUT2D eigenvalue weighted by Crippen LogP contribution is 2.16. The van der Waals surface area contributed by atoms with Crippen molar-refractivity contribution in [1.29, 1.82) is 0 Å². The zero-order valence-electron chi connectivity index (χ0n) is 9.83. The summed E-state index contributed by atoms with van der Waals surface area (Å²) in [6, 6.07) is 0. The number of hydrogen-bond acceptors (Lipinski definition) is 4. The van der Waals surface area contributed by atoms with Gasteiger partial charge in [-0.1, -0.05) is 0 Å². The summed E-state index contributed by atoms with van der Waals surface area (Å²) in [5, 5.41) is 8.61. The molecule has 9 heteroatoms. The number of aryl methyl sites for hydroxylation is 1. The Bertz CT molecular complexity index is 475. The van der Waals surface area contributed by atoms with E-state index in [0.717, 1.165) is 6.20 Å². The molecule has 0 radical (unpaired) electrons. The average Bonchev–Trinajstić information content (AvgIpc) is 2.76. The van der Waals surface area contributed by atoms with Crippen LogP contribution in [0.4, 0.5) is 8.78 Å². The molecule has 0 aliphatic heterocycles. The first-order valence-corrected chi connectivity index (χ1v) is 6.76. The second-order valence-electron chi connectivity index (χ2n) is 3.50. The first-order valence-electron chi connectivity index (χ1n) is 5.32. The monoisotopic (exact) mass is 283 g/mol. The Kier molecular flexibility index (Phi) is 5.17. The summed E-state index contributed by atoms with van der Waals surface area (Å²) in [6.45, 7) is 0.228. The van der Waals surface area contributed by atoms with Gasteiger partial charge in [0.25, 0.3) is 16.4 Å². The van der Waals surface area contributed by atoms with Gasteiger partial charge in [0.05, 0.1) is 25.7 Å². The van der Waals surface area contributed by atoms with Crippen molar-refractivity contribution in [2.75, 3.05) is 19.7 Å². The summed E-state index contributed by atoms with van der Waals surface area (Å²) in [6.07, 6.45) is -0.384. The second-order valence-corrected chi connectivity index (χ2v) is 5.38. The van der Waals surface area contributed by atoms with Crippen molar-refractivity contribution in [2.45, 2.75) is 24.9 Å². The molecule has 0 spiro atoms. The molecule has 1 aromatic heterocycles. The Labute approximate surface area is 104 Å². The third kappa shape index (κ3) is 3.24. The summed E-state index contributed by atoms with van der Waals surface area (Å²) in [4.78, 5) is 3.69. The summed E-state index contributed by atoms with van der Waals surface area (Å²) in [5.74, 6) is 0. The highest BCUT2D eigenvalue weighted by molar-refractivity contribution is 7.89. The van der Waals surface area contributed by atoms with E-state index in [-0.39, 0.29) is 11.6 Å². The van der Waals surface area contributed by atoms with Gasteiger partial charge < -0.3 is 9.67 Å². The number of aliphatic hydroxyl groups is 1. The zero-order valence-corrected chi connectivity index (χ0v) is 10.6. The first-order chi connectivity index (χ1) is 8.43. The minimum absolute atomic E-state index is 0.154. The van der Waals surface area contributed by atoms with Crippen LogP contribution in [0.2, 0.25) is 0 Å². The molecule has 18 heavy (non-hydrogen) atoms. The van der Waals surface area contributed by atoms with E-state index in [1.165, 1.54) is 10.9 Å². The number of nitrogens with zero attached hydrogens (tertiary/aromatic N) is 3. The third-order valence-corrected chi connectivity index (χ3v) is 4.19. The van der Waals surface area contributed by atoms with Gasteiger partial charge in [-0.15, -0.1) is 0 Å². The van der Waals surface area contributed by atoms with Crippen LogP contribution in [0, 0.1) is 0 Å². The molecule has 1 heterocycles. The molecular weight excluding hydrogens is 268 g/mol. The Morgan fingerprint density at radius 2 is 2.22 bits per heavy atom. The molecule has 0 amide bonds. The molecule has 0 aliphatic rings. The maximum atomic E-state index is 12.4. The van der Waals surface area contributed by atoms with Crippen LogP contribution in [-0.2, 0) is 16.6 Å². The van der Waals surface area contributed by atoms with Gasteiger partial charge in [-0.05, 0) is 6.92 Å².